The highest BCUT2D eigenvalue weighted by atomic mass is 33.1. The summed E-state index contributed by atoms with van der Waals surface area (Å²) in [5.74, 6) is -1.52. The lowest BCUT2D eigenvalue weighted by atomic mass is 10.4. The van der Waals surface area contributed by atoms with Gasteiger partial charge in [-0.2, -0.15) is 0 Å². The van der Waals surface area contributed by atoms with E-state index in [0.29, 0.717) is 0 Å². The van der Waals surface area contributed by atoms with Gasteiger partial charge < -0.3 is 10.2 Å². The van der Waals surface area contributed by atoms with Crippen molar-refractivity contribution < 1.29 is 19.8 Å². The number of carboxylic acid groups (broad SMARTS) is 2. The lowest BCUT2D eigenvalue weighted by Crippen LogP contribution is -2.02. The molecule has 0 aliphatic carbocycles. The fourth-order valence-electron chi connectivity index (χ4n) is 0.349. The van der Waals surface area contributed by atoms with E-state index < -0.39 is 11.9 Å². The zero-order valence-corrected chi connectivity index (χ0v) is 8.99. The maximum atomic E-state index is 10.3. The van der Waals surface area contributed by atoms with Crippen LogP contribution in [-0.4, -0.2) is 33.7 Å². The van der Waals surface area contributed by atoms with Gasteiger partial charge in [-0.25, -0.2) is 9.59 Å². The third kappa shape index (κ3) is 5.71. The van der Waals surface area contributed by atoms with Crippen molar-refractivity contribution in [3.8, 4) is 0 Å². The first-order chi connectivity index (χ1) is 6.45. The van der Waals surface area contributed by atoms with Gasteiger partial charge in [0.05, 0.1) is 0 Å². The van der Waals surface area contributed by atoms with Crippen LogP contribution < -0.4 is 0 Å². The van der Waals surface area contributed by atoms with Gasteiger partial charge in [0.15, 0.2) is 0 Å². The van der Waals surface area contributed by atoms with Crippen LogP contribution in [0, 0.1) is 0 Å². The summed E-state index contributed by atoms with van der Waals surface area (Å²) in [6, 6.07) is 0. The summed E-state index contributed by atoms with van der Waals surface area (Å²) in [6.07, 6.45) is 0. The molecule has 14 heavy (non-hydrogen) atoms. The van der Waals surface area contributed by atoms with Gasteiger partial charge in [0.2, 0.25) is 0 Å². The van der Waals surface area contributed by atoms with Gasteiger partial charge >= 0.3 is 11.9 Å². The van der Waals surface area contributed by atoms with Crippen LogP contribution in [0.1, 0.15) is 0 Å². The fraction of sp³-hybridized carbons (Fsp3) is 0.250. The predicted octanol–water partition coefficient (Wildman–Crippen LogP) is 1.65. The van der Waals surface area contributed by atoms with Gasteiger partial charge in [0.25, 0.3) is 0 Å². The minimum atomic E-state index is -1.03. The molecule has 0 aromatic rings. The van der Waals surface area contributed by atoms with Crippen LogP contribution in [0.2, 0.25) is 0 Å². The quantitative estimate of drug-likeness (QED) is 0.396. The maximum absolute atomic E-state index is 10.3. The van der Waals surface area contributed by atoms with Crippen molar-refractivity contribution in [2.75, 3.05) is 11.5 Å². The number of hydrogen-bond donors (Lipinski definition) is 2. The second-order valence-corrected chi connectivity index (χ2v) is 4.80. The summed E-state index contributed by atoms with van der Waals surface area (Å²) >= 11 is 0. The Hall–Kier alpha value is -0.880. The molecule has 0 saturated carbocycles. The third-order valence-corrected chi connectivity index (χ3v) is 3.46. The van der Waals surface area contributed by atoms with E-state index in [2.05, 4.69) is 13.2 Å². The Bertz CT molecular complexity index is 245. The first-order valence-corrected chi connectivity index (χ1v) is 6.00. The topological polar surface area (TPSA) is 74.6 Å². The summed E-state index contributed by atoms with van der Waals surface area (Å²) in [5.41, 5.74) is 0.201. The van der Waals surface area contributed by atoms with Gasteiger partial charge in [-0.1, -0.05) is 34.7 Å². The molecule has 0 spiro atoms. The van der Waals surface area contributed by atoms with E-state index in [1.54, 1.807) is 0 Å². The Balaban J connectivity index is 3.57. The Morgan fingerprint density at radius 2 is 1.21 bits per heavy atom. The van der Waals surface area contributed by atoms with Crippen LogP contribution in [0.5, 0.6) is 0 Å². The van der Waals surface area contributed by atoms with Crippen molar-refractivity contribution in [1.82, 2.24) is 0 Å². The van der Waals surface area contributed by atoms with E-state index in [1.165, 1.54) is 21.6 Å². The summed E-state index contributed by atoms with van der Waals surface area (Å²) in [4.78, 5) is 20.6. The molecule has 0 amide bonds. The monoisotopic (exact) mass is 234 g/mol. The molecule has 0 aliphatic heterocycles. The number of rotatable bonds is 7. The Morgan fingerprint density at radius 3 is 1.43 bits per heavy atom. The zero-order valence-electron chi connectivity index (χ0n) is 7.36. The number of hydrogen-bond acceptors (Lipinski definition) is 4. The molecule has 0 radical (unpaired) electrons. The lowest BCUT2D eigenvalue weighted by molar-refractivity contribution is -0.133. The van der Waals surface area contributed by atoms with Gasteiger partial charge in [-0.3, -0.25) is 0 Å². The standard InChI is InChI=1S/C8H10O4S2/c1-5(7(9)10)3-13-14-4-6(2)8(11)12/h1-4H2,(H,9,10)(H,11,12). The number of carboxylic acids is 2. The minimum Gasteiger partial charge on any atom is -0.478 e. The van der Waals surface area contributed by atoms with Crippen molar-refractivity contribution in [3.63, 3.8) is 0 Å². The summed E-state index contributed by atoms with van der Waals surface area (Å²) in [7, 11) is 2.50. The van der Waals surface area contributed by atoms with E-state index in [-0.39, 0.29) is 22.7 Å². The molecule has 0 bridgehead atoms. The molecule has 0 atom stereocenters. The number of carbonyl (C=O) groups is 2. The van der Waals surface area contributed by atoms with Gasteiger partial charge in [-0.05, 0) is 0 Å². The summed E-state index contributed by atoms with van der Waals surface area (Å²) in [6.45, 7) is 6.67. The molecule has 0 saturated heterocycles. The predicted molar refractivity (Wildman–Crippen MR) is 58.5 cm³/mol. The van der Waals surface area contributed by atoms with E-state index in [1.807, 2.05) is 0 Å². The molecule has 4 nitrogen and oxygen atoms in total. The van der Waals surface area contributed by atoms with Gasteiger partial charge in [0, 0.05) is 22.7 Å². The molecular formula is C8H10O4S2. The number of aliphatic carboxylic acids is 2. The van der Waals surface area contributed by atoms with Crippen molar-refractivity contribution in [3.05, 3.63) is 24.3 Å². The lowest BCUT2D eigenvalue weighted by Gasteiger charge is -2.00. The average Bonchev–Trinajstić information content (AvgIpc) is 2.11. The molecule has 0 fully saturated rings. The van der Waals surface area contributed by atoms with Crippen molar-refractivity contribution in [1.29, 1.82) is 0 Å². The van der Waals surface area contributed by atoms with Crippen LogP contribution in [0.4, 0.5) is 0 Å². The van der Waals surface area contributed by atoms with Crippen LogP contribution in [0.15, 0.2) is 24.3 Å². The van der Waals surface area contributed by atoms with Crippen molar-refractivity contribution in [2.24, 2.45) is 0 Å². The molecule has 0 heterocycles. The first kappa shape index (κ1) is 13.1. The highest BCUT2D eigenvalue weighted by Gasteiger charge is 2.06. The van der Waals surface area contributed by atoms with Crippen LogP contribution in [-0.2, 0) is 9.59 Å². The molecule has 0 unspecified atom stereocenters. The maximum Gasteiger partial charge on any atom is 0.331 e. The molecule has 0 aromatic heterocycles. The zero-order chi connectivity index (χ0) is 11.1. The molecular weight excluding hydrogens is 224 g/mol. The van der Waals surface area contributed by atoms with Crippen LogP contribution in [0.25, 0.3) is 0 Å². The third-order valence-electron chi connectivity index (χ3n) is 1.15. The average molecular weight is 234 g/mol. The highest BCUT2D eigenvalue weighted by Crippen LogP contribution is 2.25. The molecule has 0 rings (SSSR count). The Morgan fingerprint density at radius 1 is 0.929 bits per heavy atom. The molecule has 6 heteroatoms. The molecule has 0 aromatic carbocycles. The summed E-state index contributed by atoms with van der Waals surface area (Å²) in [5, 5.41) is 16.9. The van der Waals surface area contributed by atoms with Crippen molar-refractivity contribution >= 4 is 33.5 Å². The fourth-order valence-corrected chi connectivity index (χ4v) is 2.40. The van der Waals surface area contributed by atoms with Gasteiger partial charge in [0.1, 0.15) is 0 Å². The smallest absolute Gasteiger partial charge is 0.331 e. The van der Waals surface area contributed by atoms with E-state index in [9.17, 15) is 9.59 Å². The Labute approximate surface area is 89.5 Å². The highest BCUT2D eigenvalue weighted by molar-refractivity contribution is 8.76. The Kier molecular flexibility index (Phi) is 6.14. The second kappa shape index (κ2) is 6.56. The van der Waals surface area contributed by atoms with Crippen LogP contribution >= 0.6 is 21.6 Å². The normalized spacial score (nSPS) is 9.43. The SMILES string of the molecule is C=C(CSSCC(=C)C(=O)O)C(=O)O. The second-order valence-electron chi connectivity index (χ2n) is 2.34. The largest absolute Gasteiger partial charge is 0.478 e. The van der Waals surface area contributed by atoms with Crippen LogP contribution in [0.3, 0.4) is 0 Å². The van der Waals surface area contributed by atoms with E-state index in [4.69, 9.17) is 10.2 Å². The first-order valence-electron chi connectivity index (χ1n) is 3.51. The molecule has 2 N–H and O–H groups in total. The summed E-state index contributed by atoms with van der Waals surface area (Å²) < 4.78 is 0. The minimum absolute atomic E-state index is 0.100. The van der Waals surface area contributed by atoms with Gasteiger partial charge in [-0.15, -0.1) is 0 Å². The van der Waals surface area contributed by atoms with E-state index in [0.717, 1.165) is 0 Å². The molecule has 0 aliphatic rings. The molecule has 78 valence electrons. The van der Waals surface area contributed by atoms with E-state index >= 15 is 0 Å². The van der Waals surface area contributed by atoms with Crippen molar-refractivity contribution in [2.45, 2.75) is 0 Å².